The number of halogens is 2. The van der Waals surface area contributed by atoms with Gasteiger partial charge in [-0.2, -0.15) is 0 Å². The molecule has 0 atom stereocenters. The molecule has 4 nitrogen and oxygen atoms in total. The molecule has 3 aromatic heterocycles. The number of fused-ring (bicyclic) bond motifs is 1. The first-order valence-corrected chi connectivity index (χ1v) is 9.24. The Hall–Kier alpha value is -1.53. The smallest absolute Gasteiger partial charge is 0.169 e. The van der Waals surface area contributed by atoms with E-state index in [0.717, 1.165) is 48.0 Å². The number of aromatic nitrogens is 3. The molecule has 122 valence electrons. The lowest BCUT2D eigenvalue weighted by Crippen LogP contribution is -2.31. The van der Waals surface area contributed by atoms with Crippen LogP contribution in [0.2, 0.25) is 10.3 Å². The molecular formula is C17H14Cl2N4S. The highest BCUT2D eigenvalue weighted by molar-refractivity contribution is 7.13. The van der Waals surface area contributed by atoms with E-state index in [4.69, 9.17) is 28.2 Å². The largest absolute Gasteiger partial charge is 0.294 e. The van der Waals surface area contributed by atoms with Gasteiger partial charge in [-0.15, -0.1) is 11.3 Å². The van der Waals surface area contributed by atoms with Crippen LogP contribution >= 0.6 is 34.5 Å². The van der Waals surface area contributed by atoms with Gasteiger partial charge in [0.2, 0.25) is 0 Å². The zero-order valence-corrected chi connectivity index (χ0v) is 15.1. The predicted molar refractivity (Wildman–Crippen MR) is 97.4 cm³/mol. The van der Waals surface area contributed by atoms with Gasteiger partial charge in [0.25, 0.3) is 0 Å². The Bertz CT molecular complexity index is 867. The van der Waals surface area contributed by atoms with E-state index in [-0.39, 0.29) is 0 Å². The van der Waals surface area contributed by atoms with Crippen molar-refractivity contribution in [1.82, 2.24) is 19.9 Å². The van der Waals surface area contributed by atoms with Gasteiger partial charge in [-0.1, -0.05) is 35.3 Å². The topological polar surface area (TPSA) is 41.9 Å². The molecule has 3 aromatic rings. The quantitative estimate of drug-likeness (QED) is 0.632. The Kier molecular flexibility index (Phi) is 4.50. The molecule has 0 bridgehead atoms. The molecular weight excluding hydrogens is 363 g/mol. The Morgan fingerprint density at radius 3 is 2.88 bits per heavy atom. The van der Waals surface area contributed by atoms with Crippen LogP contribution in [0.1, 0.15) is 16.8 Å². The fraction of sp³-hybridized carbons (Fsp3) is 0.235. The van der Waals surface area contributed by atoms with Crippen molar-refractivity contribution in [3.05, 3.63) is 63.0 Å². The van der Waals surface area contributed by atoms with Crippen LogP contribution in [0.5, 0.6) is 0 Å². The Morgan fingerprint density at radius 2 is 2.08 bits per heavy atom. The average molecular weight is 377 g/mol. The van der Waals surface area contributed by atoms with Crippen LogP contribution in [0.4, 0.5) is 0 Å². The van der Waals surface area contributed by atoms with E-state index in [1.54, 1.807) is 17.4 Å². The average Bonchev–Trinajstić information content (AvgIpc) is 3.11. The summed E-state index contributed by atoms with van der Waals surface area (Å²) in [5, 5.41) is 2.93. The van der Waals surface area contributed by atoms with E-state index in [0.29, 0.717) is 10.3 Å². The first-order chi connectivity index (χ1) is 11.7. The van der Waals surface area contributed by atoms with Crippen LogP contribution in [0.15, 0.2) is 35.8 Å². The van der Waals surface area contributed by atoms with E-state index in [1.165, 1.54) is 5.56 Å². The minimum Gasteiger partial charge on any atom is -0.294 e. The maximum atomic E-state index is 6.18. The van der Waals surface area contributed by atoms with E-state index in [1.807, 2.05) is 23.7 Å². The van der Waals surface area contributed by atoms with Gasteiger partial charge in [-0.25, -0.2) is 15.0 Å². The standard InChI is InChI=1S/C17H14Cl2N4S/c18-15-4-3-11(16(19)22-15)9-23-6-5-13-12(10-23)8-20-17(21-13)14-2-1-7-24-14/h1-4,7-8H,5-6,9-10H2. The third kappa shape index (κ3) is 3.30. The van der Waals surface area contributed by atoms with Gasteiger partial charge in [0, 0.05) is 43.4 Å². The lowest BCUT2D eigenvalue weighted by molar-refractivity contribution is 0.243. The van der Waals surface area contributed by atoms with Crippen molar-refractivity contribution >= 4 is 34.5 Å². The molecule has 0 aliphatic carbocycles. The number of pyridine rings is 1. The SMILES string of the molecule is Clc1ccc(CN2CCc3nc(-c4cccs4)ncc3C2)c(Cl)n1. The summed E-state index contributed by atoms with van der Waals surface area (Å²) in [5.41, 5.74) is 3.31. The van der Waals surface area contributed by atoms with Crippen LogP contribution in [-0.2, 0) is 19.5 Å². The van der Waals surface area contributed by atoms with E-state index < -0.39 is 0 Å². The monoisotopic (exact) mass is 376 g/mol. The Labute approximate surface area is 154 Å². The summed E-state index contributed by atoms with van der Waals surface area (Å²) in [6.07, 6.45) is 2.86. The molecule has 0 unspecified atom stereocenters. The number of nitrogens with zero attached hydrogens (tertiary/aromatic N) is 4. The molecule has 0 aromatic carbocycles. The lowest BCUT2D eigenvalue weighted by atomic mass is 10.1. The number of thiophene rings is 1. The van der Waals surface area contributed by atoms with Crippen molar-refractivity contribution in [2.24, 2.45) is 0 Å². The van der Waals surface area contributed by atoms with Gasteiger partial charge in [-0.3, -0.25) is 4.90 Å². The first-order valence-electron chi connectivity index (χ1n) is 7.61. The zero-order valence-electron chi connectivity index (χ0n) is 12.7. The highest BCUT2D eigenvalue weighted by Crippen LogP contribution is 2.26. The molecule has 24 heavy (non-hydrogen) atoms. The first kappa shape index (κ1) is 16.0. The van der Waals surface area contributed by atoms with Crippen LogP contribution in [0.3, 0.4) is 0 Å². The molecule has 7 heteroatoms. The number of rotatable bonds is 3. The zero-order chi connectivity index (χ0) is 16.5. The van der Waals surface area contributed by atoms with Gasteiger partial charge in [0.1, 0.15) is 10.3 Å². The summed E-state index contributed by atoms with van der Waals surface area (Å²) in [4.78, 5) is 16.8. The van der Waals surface area contributed by atoms with Gasteiger partial charge in [0.15, 0.2) is 5.82 Å². The number of hydrogen-bond donors (Lipinski definition) is 0. The molecule has 0 saturated heterocycles. The second-order valence-electron chi connectivity index (χ2n) is 5.69. The molecule has 0 amide bonds. The molecule has 4 rings (SSSR count). The van der Waals surface area contributed by atoms with Crippen LogP contribution in [0.25, 0.3) is 10.7 Å². The maximum Gasteiger partial charge on any atom is 0.169 e. The van der Waals surface area contributed by atoms with Gasteiger partial charge >= 0.3 is 0 Å². The molecule has 0 saturated carbocycles. The molecule has 0 fully saturated rings. The van der Waals surface area contributed by atoms with Crippen LogP contribution in [0, 0.1) is 0 Å². The van der Waals surface area contributed by atoms with Crippen molar-refractivity contribution in [1.29, 1.82) is 0 Å². The fourth-order valence-electron chi connectivity index (χ4n) is 2.83. The minimum absolute atomic E-state index is 0.419. The molecule has 0 spiro atoms. The number of hydrogen-bond acceptors (Lipinski definition) is 5. The van der Waals surface area contributed by atoms with Crippen LogP contribution < -0.4 is 0 Å². The minimum atomic E-state index is 0.419. The van der Waals surface area contributed by atoms with Crippen LogP contribution in [-0.4, -0.2) is 26.4 Å². The summed E-state index contributed by atoms with van der Waals surface area (Å²) >= 11 is 13.7. The van der Waals surface area contributed by atoms with E-state index in [2.05, 4.69) is 20.9 Å². The molecule has 0 radical (unpaired) electrons. The Balaban J connectivity index is 1.52. The van der Waals surface area contributed by atoms with Gasteiger partial charge in [-0.05, 0) is 17.5 Å². The van der Waals surface area contributed by atoms with E-state index >= 15 is 0 Å². The highest BCUT2D eigenvalue weighted by atomic mass is 35.5. The third-order valence-corrected chi connectivity index (χ3v) is 5.44. The summed E-state index contributed by atoms with van der Waals surface area (Å²) in [6, 6.07) is 7.78. The Morgan fingerprint density at radius 1 is 1.17 bits per heavy atom. The van der Waals surface area contributed by atoms with Gasteiger partial charge in [0.05, 0.1) is 10.6 Å². The van der Waals surface area contributed by atoms with Gasteiger partial charge < -0.3 is 0 Å². The van der Waals surface area contributed by atoms with Crippen molar-refractivity contribution in [3.63, 3.8) is 0 Å². The summed E-state index contributed by atoms with van der Waals surface area (Å²) in [6.45, 7) is 2.50. The summed E-state index contributed by atoms with van der Waals surface area (Å²) < 4.78 is 0. The van der Waals surface area contributed by atoms with Crippen molar-refractivity contribution in [2.45, 2.75) is 19.5 Å². The summed E-state index contributed by atoms with van der Waals surface area (Å²) in [5.74, 6) is 0.821. The van der Waals surface area contributed by atoms with Crippen molar-refractivity contribution in [2.75, 3.05) is 6.54 Å². The van der Waals surface area contributed by atoms with E-state index in [9.17, 15) is 0 Å². The second kappa shape index (κ2) is 6.76. The molecule has 4 heterocycles. The second-order valence-corrected chi connectivity index (χ2v) is 7.38. The fourth-order valence-corrected chi connectivity index (χ4v) is 3.90. The maximum absolute atomic E-state index is 6.18. The third-order valence-electron chi connectivity index (χ3n) is 4.04. The predicted octanol–water partition coefficient (Wildman–Crippen LogP) is 4.47. The molecule has 0 N–H and O–H groups in total. The van der Waals surface area contributed by atoms with Crippen molar-refractivity contribution in [3.8, 4) is 10.7 Å². The lowest BCUT2D eigenvalue weighted by Gasteiger charge is -2.28. The normalized spacial score (nSPS) is 14.6. The molecule has 1 aliphatic heterocycles. The molecule has 1 aliphatic rings. The van der Waals surface area contributed by atoms with Crippen molar-refractivity contribution < 1.29 is 0 Å². The highest BCUT2D eigenvalue weighted by Gasteiger charge is 2.20. The summed E-state index contributed by atoms with van der Waals surface area (Å²) in [7, 11) is 0.